The van der Waals surface area contributed by atoms with E-state index in [-0.39, 0.29) is 21.3 Å². The minimum Gasteiger partial charge on any atom is -0.507 e. The number of aliphatic hydroxyl groups excluding tert-OH is 1. The van der Waals surface area contributed by atoms with E-state index in [0.29, 0.717) is 29.2 Å². The van der Waals surface area contributed by atoms with Gasteiger partial charge in [-0.3, -0.25) is 14.5 Å². The molecule has 1 unspecified atom stereocenters. The molecule has 9 heteroatoms. The fraction of sp³-hybridized carbons (Fsp3) is 0.259. The van der Waals surface area contributed by atoms with Gasteiger partial charge in [-0.25, -0.2) is 9.78 Å². The molecule has 1 fully saturated rings. The lowest BCUT2D eigenvalue weighted by Crippen LogP contribution is -2.29. The highest BCUT2D eigenvalue weighted by Crippen LogP contribution is 2.44. The molecule has 0 radical (unpaired) electrons. The summed E-state index contributed by atoms with van der Waals surface area (Å²) in [6.07, 6.45) is 0.818. The van der Waals surface area contributed by atoms with Crippen LogP contribution in [0.25, 0.3) is 5.76 Å². The maximum atomic E-state index is 13.3. The van der Waals surface area contributed by atoms with E-state index >= 15 is 0 Å². The normalized spacial score (nSPS) is 16.9. The summed E-state index contributed by atoms with van der Waals surface area (Å²) in [5.41, 5.74) is 2.37. The van der Waals surface area contributed by atoms with Gasteiger partial charge in [0.1, 0.15) is 16.4 Å². The van der Waals surface area contributed by atoms with E-state index in [0.717, 1.165) is 23.3 Å². The van der Waals surface area contributed by atoms with Crippen LogP contribution in [0.15, 0.2) is 54.1 Å². The first-order valence-corrected chi connectivity index (χ1v) is 12.3. The quantitative estimate of drug-likeness (QED) is 0.212. The van der Waals surface area contributed by atoms with Crippen molar-refractivity contribution < 1.29 is 29.0 Å². The van der Waals surface area contributed by atoms with Crippen LogP contribution in [0, 0.1) is 6.92 Å². The summed E-state index contributed by atoms with van der Waals surface area (Å²) in [4.78, 5) is 44.8. The lowest BCUT2D eigenvalue weighted by Gasteiger charge is -2.23. The van der Waals surface area contributed by atoms with Crippen molar-refractivity contribution in [3.05, 3.63) is 81.4 Å². The van der Waals surface area contributed by atoms with E-state index in [1.54, 1.807) is 31.2 Å². The number of methoxy groups -OCH3 is 1. The van der Waals surface area contributed by atoms with Crippen molar-refractivity contribution in [2.45, 2.75) is 33.2 Å². The number of thiazole rings is 1. The van der Waals surface area contributed by atoms with Crippen molar-refractivity contribution in [1.82, 2.24) is 4.98 Å². The first-order valence-electron chi connectivity index (χ1n) is 11.5. The molecule has 1 aromatic heterocycles. The van der Waals surface area contributed by atoms with Gasteiger partial charge in [0.25, 0.3) is 5.78 Å². The Balaban J connectivity index is 1.91. The summed E-state index contributed by atoms with van der Waals surface area (Å²) >= 11 is 0.963. The highest BCUT2D eigenvalue weighted by Gasteiger charge is 2.48. The number of benzene rings is 2. The van der Waals surface area contributed by atoms with Crippen LogP contribution in [0.5, 0.6) is 5.75 Å². The number of carbonyl (C=O) groups is 3. The fourth-order valence-corrected chi connectivity index (χ4v) is 5.12. The second kappa shape index (κ2) is 10.3. The molecule has 1 N–H and O–H groups in total. The van der Waals surface area contributed by atoms with Gasteiger partial charge in [-0.15, -0.1) is 0 Å². The zero-order chi connectivity index (χ0) is 26.0. The van der Waals surface area contributed by atoms with Gasteiger partial charge in [-0.2, -0.15) is 0 Å². The van der Waals surface area contributed by atoms with Gasteiger partial charge >= 0.3 is 11.9 Å². The number of aliphatic hydroxyl groups is 1. The van der Waals surface area contributed by atoms with E-state index in [9.17, 15) is 19.5 Å². The van der Waals surface area contributed by atoms with E-state index in [1.807, 2.05) is 38.1 Å². The Morgan fingerprint density at radius 1 is 1.14 bits per heavy atom. The third kappa shape index (κ3) is 4.49. The molecular weight excluding hydrogens is 480 g/mol. The Bertz CT molecular complexity index is 1360. The van der Waals surface area contributed by atoms with Crippen LogP contribution in [0.1, 0.15) is 51.9 Å². The molecule has 2 heterocycles. The van der Waals surface area contributed by atoms with E-state index in [4.69, 9.17) is 9.47 Å². The Morgan fingerprint density at radius 3 is 2.50 bits per heavy atom. The molecule has 0 bridgehead atoms. The predicted molar refractivity (Wildman–Crippen MR) is 136 cm³/mol. The number of ether oxygens (including phenoxy) is 2. The van der Waals surface area contributed by atoms with Gasteiger partial charge in [-0.05, 0) is 43.5 Å². The number of anilines is 1. The summed E-state index contributed by atoms with van der Waals surface area (Å²) in [7, 11) is 1.26. The van der Waals surface area contributed by atoms with Gasteiger partial charge < -0.3 is 14.6 Å². The molecule has 186 valence electrons. The third-order valence-electron chi connectivity index (χ3n) is 5.93. The largest absolute Gasteiger partial charge is 0.507 e. The van der Waals surface area contributed by atoms with Crippen LogP contribution >= 0.6 is 11.3 Å². The van der Waals surface area contributed by atoms with Crippen LogP contribution < -0.4 is 9.64 Å². The number of nitrogens with zero attached hydrogens (tertiary/aromatic N) is 2. The van der Waals surface area contributed by atoms with Gasteiger partial charge in [0.05, 0.1) is 31.0 Å². The summed E-state index contributed by atoms with van der Waals surface area (Å²) in [5, 5.41) is 11.5. The molecular formula is C27H26N2O6S. The molecule has 1 aliphatic heterocycles. The third-order valence-corrected chi connectivity index (χ3v) is 7.07. The second-order valence-corrected chi connectivity index (χ2v) is 9.11. The number of amides is 1. The van der Waals surface area contributed by atoms with E-state index in [2.05, 4.69) is 4.98 Å². The van der Waals surface area contributed by atoms with Crippen LogP contribution in [-0.4, -0.2) is 41.5 Å². The van der Waals surface area contributed by atoms with Crippen LogP contribution in [-0.2, 0) is 20.7 Å². The molecule has 1 atom stereocenters. The maximum absolute atomic E-state index is 13.3. The van der Waals surface area contributed by atoms with Gasteiger partial charge in [0, 0.05) is 5.56 Å². The number of ketones is 1. The average molecular weight is 507 g/mol. The number of aryl methyl sites for hydroxylation is 2. The molecule has 8 nitrogen and oxygen atoms in total. The van der Waals surface area contributed by atoms with Crippen molar-refractivity contribution >= 4 is 39.9 Å². The highest BCUT2D eigenvalue weighted by molar-refractivity contribution is 7.17. The van der Waals surface area contributed by atoms with Crippen LogP contribution in [0.4, 0.5) is 5.13 Å². The number of rotatable bonds is 7. The molecule has 4 rings (SSSR count). The second-order valence-electron chi connectivity index (χ2n) is 8.13. The zero-order valence-corrected chi connectivity index (χ0v) is 21.2. The lowest BCUT2D eigenvalue weighted by molar-refractivity contribution is -0.132. The standard InChI is InChI=1S/C27H26N2O6S/c1-5-16-10-12-17(13-11-16)21-20(22(30)18-8-7-9-19(14-18)35-6-2)23(31)25(32)29(21)27-28-15(3)24(36-27)26(33)34-4/h7-14,21,30H,5-6H2,1-4H3. The smallest absolute Gasteiger partial charge is 0.350 e. The first kappa shape index (κ1) is 25.1. The molecule has 0 spiro atoms. The Kier molecular flexibility index (Phi) is 7.21. The summed E-state index contributed by atoms with van der Waals surface area (Å²) in [6, 6.07) is 13.2. The molecule has 0 saturated carbocycles. The number of aromatic nitrogens is 1. The predicted octanol–water partition coefficient (Wildman–Crippen LogP) is 4.83. The molecule has 36 heavy (non-hydrogen) atoms. The average Bonchev–Trinajstić information content (AvgIpc) is 3.40. The maximum Gasteiger partial charge on any atom is 0.350 e. The highest BCUT2D eigenvalue weighted by atomic mass is 32.1. The summed E-state index contributed by atoms with van der Waals surface area (Å²) in [5.74, 6) is -2.05. The molecule has 1 amide bonds. The van der Waals surface area contributed by atoms with Gasteiger partial charge in [0.2, 0.25) is 0 Å². The summed E-state index contributed by atoms with van der Waals surface area (Å²) in [6.45, 7) is 5.94. The zero-order valence-electron chi connectivity index (χ0n) is 20.4. The van der Waals surface area contributed by atoms with Crippen LogP contribution in [0.3, 0.4) is 0 Å². The SMILES string of the molecule is CCOc1cccc(C(O)=C2C(=O)C(=O)N(c3nc(C)c(C(=O)OC)s3)C2c2ccc(CC)cc2)c1. The molecule has 3 aromatic rings. The number of hydrogen-bond acceptors (Lipinski definition) is 8. The van der Waals surface area contributed by atoms with Gasteiger partial charge in [0.15, 0.2) is 5.13 Å². The molecule has 1 saturated heterocycles. The molecule has 2 aromatic carbocycles. The number of esters is 1. The van der Waals surface area contributed by atoms with Crippen molar-refractivity contribution in [2.75, 3.05) is 18.6 Å². The minimum absolute atomic E-state index is 0.0645. The lowest BCUT2D eigenvalue weighted by atomic mass is 9.94. The molecule has 1 aliphatic rings. The number of hydrogen-bond donors (Lipinski definition) is 1. The Hall–Kier alpha value is -3.98. The Labute approximate surface area is 212 Å². The van der Waals surface area contributed by atoms with Crippen molar-refractivity contribution in [1.29, 1.82) is 0 Å². The topological polar surface area (TPSA) is 106 Å². The first-order chi connectivity index (χ1) is 17.3. The van der Waals surface area contributed by atoms with Crippen molar-refractivity contribution in [3.63, 3.8) is 0 Å². The number of carbonyl (C=O) groups excluding carboxylic acids is 3. The van der Waals surface area contributed by atoms with E-state index in [1.165, 1.54) is 12.0 Å². The minimum atomic E-state index is -0.942. The van der Waals surface area contributed by atoms with Crippen molar-refractivity contribution in [3.8, 4) is 5.75 Å². The number of Topliss-reactive ketones (excluding diaryl/α,β-unsaturated/α-hetero) is 1. The van der Waals surface area contributed by atoms with Crippen LogP contribution in [0.2, 0.25) is 0 Å². The van der Waals surface area contributed by atoms with E-state index < -0.39 is 23.7 Å². The van der Waals surface area contributed by atoms with Gasteiger partial charge in [-0.1, -0.05) is 54.7 Å². The Morgan fingerprint density at radius 2 is 1.86 bits per heavy atom. The summed E-state index contributed by atoms with van der Waals surface area (Å²) < 4.78 is 10.4. The fourth-order valence-electron chi connectivity index (χ4n) is 4.10. The monoisotopic (exact) mass is 506 g/mol. The molecule has 0 aliphatic carbocycles. The van der Waals surface area contributed by atoms with Crippen molar-refractivity contribution in [2.24, 2.45) is 0 Å².